The molecule has 0 saturated heterocycles. The smallest absolute Gasteiger partial charge is 0.157 e. The van der Waals surface area contributed by atoms with Gasteiger partial charge in [-0.1, -0.05) is 45.3 Å². The van der Waals surface area contributed by atoms with E-state index in [1.54, 1.807) is 10.4 Å². The quantitative estimate of drug-likeness (QED) is 0.553. The zero-order valence-electron chi connectivity index (χ0n) is 12.9. The topological polar surface area (TPSA) is 0 Å². The predicted octanol–water partition coefficient (Wildman–Crippen LogP) is 0.653. The van der Waals surface area contributed by atoms with E-state index in [0.29, 0.717) is 0 Å². The van der Waals surface area contributed by atoms with Gasteiger partial charge in [0.2, 0.25) is 0 Å². The van der Waals surface area contributed by atoms with E-state index in [0.717, 1.165) is 0 Å². The number of hydrogen-bond acceptors (Lipinski definition) is 0. The first-order valence-corrected chi connectivity index (χ1v) is 13.4. The van der Waals surface area contributed by atoms with Crippen LogP contribution >= 0.6 is 0 Å². The molecular formula is C15H23LiSi2. The fourth-order valence-electron chi connectivity index (χ4n) is 2.49. The molecule has 0 atom stereocenters. The van der Waals surface area contributed by atoms with Crippen LogP contribution in [0.15, 0.2) is 30.3 Å². The van der Waals surface area contributed by atoms with Crippen molar-refractivity contribution in [3.8, 4) is 0 Å². The van der Waals surface area contributed by atoms with E-state index in [1.165, 1.54) is 10.8 Å². The van der Waals surface area contributed by atoms with Gasteiger partial charge < -0.3 is 0 Å². The van der Waals surface area contributed by atoms with Crippen LogP contribution in [0.3, 0.4) is 0 Å². The summed E-state index contributed by atoms with van der Waals surface area (Å²) in [5, 5.41) is 6.32. The minimum atomic E-state index is -1.23. The van der Waals surface area contributed by atoms with Crippen molar-refractivity contribution >= 4 is 37.3 Å². The second-order valence-electron chi connectivity index (χ2n) is 7.02. The average Bonchev–Trinajstić information content (AvgIpc) is 2.55. The molecule has 0 aliphatic heterocycles. The molecule has 0 bridgehead atoms. The Morgan fingerprint density at radius 3 is 1.94 bits per heavy atom. The second kappa shape index (κ2) is 5.09. The molecule has 18 heavy (non-hydrogen) atoms. The third kappa shape index (κ3) is 2.88. The molecule has 0 spiro atoms. The predicted molar refractivity (Wildman–Crippen MR) is 85.5 cm³/mol. The first-order valence-electron chi connectivity index (χ1n) is 6.40. The van der Waals surface area contributed by atoms with Crippen LogP contribution in [0.5, 0.6) is 0 Å². The molecule has 0 saturated carbocycles. The number of rotatable bonds is 2. The zero-order valence-corrected chi connectivity index (χ0v) is 14.9. The Bertz CT molecular complexity index is 494. The molecule has 2 aromatic rings. The third-order valence-corrected chi connectivity index (χ3v) is 7.47. The van der Waals surface area contributed by atoms with Gasteiger partial charge in [0, 0.05) is 16.1 Å². The van der Waals surface area contributed by atoms with E-state index in [9.17, 15) is 0 Å². The Balaban J connectivity index is 0.00000162. The first kappa shape index (κ1) is 15.9. The van der Waals surface area contributed by atoms with Gasteiger partial charge in [-0.05, 0) is 0 Å². The van der Waals surface area contributed by atoms with Crippen LogP contribution < -0.4 is 29.2 Å². The molecule has 0 radical (unpaired) electrons. The molecule has 0 fully saturated rings. The van der Waals surface area contributed by atoms with Gasteiger partial charge in [0.25, 0.3) is 0 Å². The van der Waals surface area contributed by atoms with E-state index in [2.05, 4.69) is 69.6 Å². The van der Waals surface area contributed by atoms with Crippen LogP contribution in [0.2, 0.25) is 39.3 Å². The summed E-state index contributed by atoms with van der Waals surface area (Å²) in [6.45, 7) is 14.7. The molecule has 0 unspecified atom stereocenters. The molecule has 92 valence electrons. The van der Waals surface area contributed by atoms with E-state index in [1.807, 2.05) is 0 Å². The summed E-state index contributed by atoms with van der Waals surface area (Å²) >= 11 is 0. The molecule has 0 heterocycles. The maximum absolute atomic E-state index is 2.53. The van der Waals surface area contributed by atoms with Gasteiger partial charge in [0.05, 0.1) is 0 Å². The number of hydrogen-bond donors (Lipinski definition) is 0. The minimum absolute atomic E-state index is 0. The van der Waals surface area contributed by atoms with Gasteiger partial charge in [-0.25, -0.2) is 0 Å². The monoisotopic (exact) mass is 266 g/mol. The fraction of sp³-hybridized carbons (Fsp3) is 0.400. The minimum Gasteiger partial charge on any atom is -0.157 e. The summed E-state index contributed by atoms with van der Waals surface area (Å²) in [5.74, 6) is 0. The number of benzene rings is 1. The Morgan fingerprint density at radius 1 is 0.889 bits per heavy atom. The Labute approximate surface area is 125 Å². The van der Waals surface area contributed by atoms with Gasteiger partial charge in [0.15, 0.2) is 0 Å². The largest absolute Gasteiger partial charge is 1.00 e. The molecule has 0 aliphatic carbocycles. The maximum Gasteiger partial charge on any atom is 1.00 e. The molecular weight excluding hydrogens is 243 g/mol. The molecule has 0 aromatic heterocycles. The van der Waals surface area contributed by atoms with Gasteiger partial charge in [-0.2, -0.15) is 11.3 Å². The molecule has 0 aliphatic rings. The summed E-state index contributed by atoms with van der Waals surface area (Å²) in [6.07, 6.45) is 0. The molecule has 2 aromatic carbocycles. The van der Waals surface area contributed by atoms with Crippen LogP contribution in [0.25, 0.3) is 10.8 Å². The van der Waals surface area contributed by atoms with Crippen LogP contribution in [-0.2, 0) is 0 Å². The first-order chi connectivity index (χ1) is 7.71. The van der Waals surface area contributed by atoms with Crippen molar-refractivity contribution < 1.29 is 18.9 Å². The number of fused-ring (bicyclic) bond motifs is 1. The molecule has 0 nitrogen and oxygen atoms in total. The van der Waals surface area contributed by atoms with Crippen molar-refractivity contribution in [3.05, 3.63) is 30.3 Å². The van der Waals surface area contributed by atoms with Crippen LogP contribution in [0.1, 0.15) is 0 Å². The summed E-state index contributed by atoms with van der Waals surface area (Å²) in [6, 6.07) is 11.5. The summed E-state index contributed by atoms with van der Waals surface area (Å²) in [7, 11) is -2.47. The summed E-state index contributed by atoms with van der Waals surface area (Å²) in [5.41, 5.74) is 0. The van der Waals surface area contributed by atoms with E-state index in [4.69, 9.17) is 0 Å². The van der Waals surface area contributed by atoms with Gasteiger partial charge in [-0.15, -0.1) is 34.2 Å². The van der Waals surface area contributed by atoms with Gasteiger partial charge in [-0.3, -0.25) is 0 Å². The average molecular weight is 266 g/mol. The standard InChI is InChI=1S/C15H23Si2.Li/c1-16(2,3)14-11-15(17(4,5)6)13-10-8-7-9-12(13)14;/h7-11H,1-6H3;/q-1;+1. The maximum atomic E-state index is 2.53. The Hall–Kier alpha value is -0.139. The van der Waals surface area contributed by atoms with Crippen LogP contribution in [0.4, 0.5) is 0 Å². The zero-order chi connectivity index (χ0) is 12.8. The second-order valence-corrected chi connectivity index (χ2v) is 17.1. The fourth-order valence-corrected chi connectivity index (χ4v) is 5.84. The molecule has 2 rings (SSSR count). The van der Waals surface area contributed by atoms with Gasteiger partial charge in [0.1, 0.15) is 0 Å². The van der Waals surface area contributed by atoms with Crippen molar-refractivity contribution in [1.82, 2.24) is 0 Å². The van der Waals surface area contributed by atoms with E-state index in [-0.39, 0.29) is 18.9 Å². The Kier molecular flexibility index (Phi) is 4.50. The van der Waals surface area contributed by atoms with Crippen molar-refractivity contribution in [2.24, 2.45) is 0 Å². The summed E-state index contributed by atoms with van der Waals surface area (Å²) in [4.78, 5) is 0. The summed E-state index contributed by atoms with van der Waals surface area (Å²) < 4.78 is 0. The molecule has 0 amide bonds. The van der Waals surface area contributed by atoms with Crippen molar-refractivity contribution in [2.75, 3.05) is 0 Å². The van der Waals surface area contributed by atoms with E-state index < -0.39 is 16.1 Å². The van der Waals surface area contributed by atoms with Crippen molar-refractivity contribution in [3.63, 3.8) is 0 Å². The Morgan fingerprint density at radius 2 is 1.44 bits per heavy atom. The van der Waals surface area contributed by atoms with E-state index >= 15 is 0 Å². The van der Waals surface area contributed by atoms with Crippen LogP contribution in [-0.4, -0.2) is 16.1 Å². The molecule has 3 heteroatoms. The van der Waals surface area contributed by atoms with Crippen LogP contribution in [0, 0.1) is 0 Å². The SMILES string of the molecule is C[Si](C)(C)c1c[c-]([Si](C)(C)C)c2ccccc12.[Li+]. The molecule has 0 N–H and O–H groups in total. The third-order valence-electron chi connectivity index (χ3n) is 3.41. The van der Waals surface area contributed by atoms with Crippen molar-refractivity contribution in [1.29, 1.82) is 0 Å². The van der Waals surface area contributed by atoms with Gasteiger partial charge >= 0.3 is 18.9 Å². The normalized spacial score (nSPS) is 12.6. The van der Waals surface area contributed by atoms with Crippen molar-refractivity contribution in [2.45, 2.75) is 39.3 Å².